The fraction of sp³-hybridized carbons (Fsp3) is 0.182. The van der Waals surface area contributed by atoms with Crippen LogP contribution in [0.4, 0.5) is 0 Å². The molecule has 1 rings (SSSR count). The number of carbonyl (C=O) groups is 1. The fourth-order valence-corrected chi connectivity index (χ4v) is 1.22. The quantitative estimate of drug-likeness (QED) is 0.561. The van der Waals surface area contributed by atoms with Gasteiger partial charge in [0.1, 0.15) is 0 Å². The molecule has 1 aromatic carbocycles. The molecule has 0 fully saturated rings. The first kappa shape index (κ1) is 11.5. The molecule has 0 heterocycles. The average molecular weight is 222 g/mol. The van der Waals surface area contributed by atoms with Crippen LogP contribution in [0, 0.1) is 11.8 Å². The van der Waals surface area contributed by atoms with E-state index in [2.05, 4.69) is 11.8 Å². The van der Waals surface area contributed by atoms with Crippen LogP contribution in [0.1, 0.15) is 12.5 Å². The Balaban J connectivity index is 2.64. The van der Waals surface area contributed by atoms with Gasteiger partial charge in [-0.3, -0.25) is 4.79 Å². The third kappa shape index (κ3) is 3.96. The smallest absolute Gasteiger partial charge is 0.186 e. The molecule has 2 N–H and O–H groups in total. The van der Waals surface area contributed by atoms with Gasteiger partial charge >= 0.3 is 0 Å². The number of benzene rings is 1. The minimum Gasteiger partial charge on any atom is -0.504 e. The van der Waals surface area contributed by atoms with Crippen molar-refractivity contribution in [3.05, 3.63) is 23.8 Å². The maximum absolute atomic E-state index is 10.6. The second kappa shape index (κ2) is 5.32. The number of phenols is 2. The highest BCUT2D eigenvalue weighted by Crippen LogP contribution is 2.24. The molecule has 0 radical (unpaired) electrons. The normalized spacial score (nSPS) is 9.13. The summed E-state index contributed by atoms with van der Waals surface area (Å²) in [5, 5.41) is 18.2. The molecule has 0 aromatic heterocycles. The first-order valence-corrected chi connectivity index (χ1v) is 5.22. The van der Waals surface area contributed by atoms with Crippen molar-refractivity contribution in [2.75, 3.05) is 5.75 Å². The molecule has 0 saturated carbocycles. The predicted octanol–water partition coefficient (Wildman–Crippen LogP) is 1.73. The van der Waals surface area contributed by atoms with Gasteiger partial charge in [-0.25, -0.2) is 0 Å². The highest BCUT2D eigenvalue weighted by atomic mass is 32.2. The third-order valence-electron chi connectivity index (χ3n) is 1.56. The van der Waals surface area contributed by atoms with E-state index in [4.69, 9.17) is 10.2 Å². The van der Waals surface area contributed by atoms with Gasteiger partial charge in [-0.15, -0.1) is 0 Å². The van der Waals surface area contributed by atoms with E-state index < -0.39 is 0 Å². The Labute approximate surface area is 92.1 Å². The zero-order valence-corrected chi connectivity index (χ0v) is 8.97. The zero-order chi connectivity index (χ0) is 11.3. The van der Waals surface area contributed by atoms with Crippen molar-refractivity contribution in [2.24, 2.45) is 0 Å². The van der Waals surface area contributed by atoms with Crippen LogP contribution in [0.5, 0.6) is 11.5 Å². The summed E-state index contributed by atoms with van der Waals surface area (Å²) in [6, 6.07) is 4.35. The SMILES string of the molecule is CC(=O)SCC#Cc1ccc(O)c(O)c1. The van der Waals surface area contributed by atoms with E-state index in [1.54, 1.807) is 6.07 Å². The van der Waals surface area contributed by atoms with E-state index in [9.17, 15) is 4.79 Å². The number of hydrogen-bond donors (Lipinski definition) is 2. The second-order valence-corrected chi connectivity index (χ2v) is 3.94. The minimum atomic E-state index is -0.193. The molecule has 0 bridgehead atoms. The number of phenolic OH excluding ortho intramolecular Hbond substituents is 2. The van der Waals surface area contributed by atoms with Crippen molar-refractivity contribution in [1.82, 2.24) is 0 Å². The Morgan fingerprint density at radius 1 is 1.40 bits per heavy atom. The Bertz CT molecular complexity index is 429. The van der Waals surface area contributed by atoms with Crippen LogP contribution >= 0.6 is 11.8 Å². The molecule has 0 atom stereocenters. The minimum absolute atomic E-state index is 0.0258. The standard InChI is InChI=1S/C11H10O3S/c1-8(12)15-6-2-3-9-4-5-10(13)11(14)7-9/h4-5,7,13-14H,6H2,1H3. The summed E-state index contributed by atoms with van der Waals surface area (Å²) in [6.45, 7) is 1.48. The molecule has 0 aliphatic carbocycles. The summed E-state index contributed by atoms with van der Waals surface area (Å²) in [6.07, 6.45) is 0. The Hall–Kier alpha value is -1.60. The summed E-state index contributed by atoms with van der Waals surface area (Å²) < 4.78 is 0. The topological polar surface area (TPSA) is 57.5 Å². The van der Waals surface area contributed by atoms with Crippen LogP contribution in [0.25, 0.3) is 0 Å². The molecule has 0 saturated heterocycles. The van der Waals surface area contributed by atoms with Gasteiger partial charge in [-0.05, 0) is 18.2 Å². The average Bonchev–Trinajstić information content (AvgIpc) is 2.18. The van der Waals surface area contributed by atoms with Gasteiger partial charge in [0, 0.05) is 12.5 Å². The Morgan fingerprint density at radius 2 is 2.13 bits per heavy atom. The number of rotatable bonds is 1. The van der Waals surface area contributed by atoms with E-state index in [1.807, 2.05) is 0 Å². The molecule has 0 spiro atoms. The van der Waals surface area contributed by atoms with E-state index in [1.165, 1.54) is 19.1 Å². The molecule has 3 nitrogen and oxygen atoms in total. The summed E-state index contributed by atoms with van der Waals surface area (Å²) in [5.74, 6) is 5.62. The lowest BCUT2D eigenvalue weighted by Crippen LogP contribution is -1.82. The molecule has 1 aromatic rings. The van der Waals surface area contributed by atoms with Gasteiger partial charge in [0.05, 0.1) is 5.75 Å². The van der Waals surface area contributed by atoms with Crippen LogP contribution in [0.15, 0.2) is 18.2 Å². The molecule has 0 aliphatic rings. The molecule has 0 amide bonds. The van der Waals surface area contributed by atoms with Crippen molar-refractivity contribution in [3.63, 3.8) is 0 Å². The van der Waals surface area contributed by atoms with Crippen LogP contribution in [0.2, 0.25) is 0 Å². The van der Waals surface area contributed by atoms with E-state index in [0.717, 1.165) is 11.8 Å². The molecule has 78 valence electrons. The highest BCUT2D eigenvalue weighted by Gasteiger charge is 1.97. The first-order chi connectivity index (χ1) is 7.09. The van der Waals surface area contributed by atoms with Crippen LogP contribution in [-0.2, 0) is 4.79 Å². The zero-order valence-electron chi connectivity index (χ0n) is 8.15. The van der Waals surface area contributed by atoms with Crippen molar-refractivity contribution in [1.29, 1.82) is 0 Å². The van der Waals surface area contributed by atoms with Crippen molar-refractivity contribution < 1.29 is 15.0 Å². The van der Waals surface area contributed by atoms with Gasteiger partial charge in [0.15, 0.2) is 16.6 Å². The highest BCUT2D eigenvalue weighted by molar-refractivity contribution is 8.13. The number of carbonyl (C=O) groups excluding carboxylic acids is 1. The number of aromatic hydroxyl groups is 2. The summed E-state index contributed by atoms with van der Waals surface area (Å²) in [4.78, 5) is 10.6. The van der Waals surface area contributed by atoms with Crippen molar-refractivity contribution in [3.8, 4) is 23.3 Å². The second-order valence-electron chi connectivity index (χ2n) is 2.79. The first-order valence-electron chi connectivity index (χ1n) is 4.24. The van der Waals surface area contributed by atoms with Crippen LogP contribution in [-0.4, -0.2) is 21.1 Å². The lowest BCUT2D eigenvalue weighted by Gasteiger charge is -1.96. The third-order valence-corrected chi connectivity index (χ3v) is 2.25. The van der Waals surface area contributed by atoms with Gasteiger partial charge < -0.3 is 10.2 Å². The van der Waals surface area contributed by atoms with E-state index in [0.29, 0.717) is 11.3 Å². The van der Waals surface area contributed by atoms with Gasteiger partial charge in [0.25, 0.3) is 0 Å². The Morgan fingerprint density at radius 3 is 2.73 bits per heavy atom. The number of hydrogen-bond acceptors (Lipinski definition) is 4. The summed E-state index contributed by atoms with van der Waals surface area (Å²) in [7, 11) is 0. The lowest BCUT2D eigenvalue weighted by atomic mass is 10.2. The molecular weight excluding hydrogens is 212 g/mol. The monoisotopic (exact) mass is 222 g/mol. The maximum Gasteiger partial charge on any atom is 0.186 e. The molecule has 0 unspecified atom stereocenters. The number of thioether (sulfide) groups is 1. The molecule has 15 heavy (non-hydrogen) atoms. The fourth-order valence-electron chi connectivity index (χ4n) is 0.877. The van der Waals surface area contributed by atoms with Gasteiger partial charge in [0.2, 0.25) is 0 Å². The molecule has 0 aliphatic heterocycles. The lowest BCUT2D eigenvalue weighted by molar-refractivity contribution is -0.109. The van der Waals surface area contributed by atoms with E-state index >= 15 is 0 Å². The van der Waals surface area contributed by atoms with Crippen LogP contribution < -0.4 is 0 Å². The summed E-state index contributed by atoms with van der Waals surface area (Å²) >= 11 is 1.13. The predicted molar refractivity (Wildman–Crippen MR) is 59.8 cm³/mol. The van der Waals surface area contributed by atoms with Crippen LogP contribution in [0.3, 0.4) is 0 Å². The van der Waals surface area contributed by atoms with Gasteiger partial charge in [-0.2, -0.15) is 0 Å². The molecular formula is C11H10O3S. The van der Waals surface area contributed by atoms with Gasteiger partial charge in [-0.1, -0.05) is 23.6 Å². The van der Waals surface area contributed by atoms with E-state index in [-0.39, 0.29) is 16.6 Å². The maximum atomic E-state index is 10.6. The largest absolute Gasteiger partial charge is 0.504 e. The van der Waals surface area contributed by atoms with Crippen molar-refractivity contribution >= 4 is 16.9 Å². The van der Waals surface area contributed by atoms with Crippen molar-refractivity contribution in [2.45, 2.75) is 6.92 Å². The molecule has 4 heteroatoms. The Kier molecular flexibility index (Phi) is 4.07. The summed E-state index contributed by atoms with van der Waals surface area (Å²) in [5.41, 5.74) is 0.606.